The van der Waals surface area contributed by atoms with Crippen LogP contribution in [0.15, 0.2) is 83.5 Å². The van der Waals surface area contributed by atoms with Crippen molar-refractivity contribution >= 4 is 40.8 Å². The molecule has 0 radical (unpaired) electrons. The van der Waals surface area contributed by atoms with E-state index in [9.17, 15) is 14.9 Å². The molecule has 7 heteroatoms. The maximum Gasteiger partial charge on any atom is 0.282 e. The molecule has 1 aliphatic heterocycles. The highest BCUT2D eigenvalue weighted by Crippen LogP contribution is 2.30. The lowest BCUT2D eigenvalue weighted by atomic mass is 10.1. The monoisotopic (exact) mass is 417 g/mol. The molecule has 148 valence electrons. The van der Waals surface area contributed by atoms with Gasteiger partial charge in [-0.2, -0.15) is 0 Å². The molecule has 0 unspecified atom stereocenters. The molecule has 6 nitrogen and oxygen atoms in total. The fourth-order valence-electron chi connectivity index (χ4n) is 3.17. The second-order valence-corrected chi connectivity index (χ2v) is 7.20. The number of hydrogen-bond donors (Lipinski definition) is 0. The summed E-state index contributed by atoms with van der Waals surface area (Å²) >= 11 is 6.01. The average Bonchev–Trinajstić information content (AvgIpc) is 3.05. The summed E-state index contributed by atoms with van der Waals surface area (Å²) in [6.07, 6.45) is 1.45. The maximum atomic E-state index is 13.3. The largest absolute Gasteiger partial charge is 0.282 e. The second kappa shape index (κ2) is 7.93. The molecule has 1 aliphatic rings. The normalized spacial score (nSPS) is 14.9. The number of amides is 1. The number of aliphatic imine (C=N–C) groups is 1. The van der Waals surface area contributed by atoms with Crippen LogP contribution in [0.4, 0.5) is 11.4 Å². The number of rotatable bonds is 4. The molecule has 1 amide bonds. The van der Waals surface area contributed by atoms with Crippen LogP contribution in [0.1, 0.15) is 16.7 Å². The van der Waals surface area contributed by atoms with E-state index in [0.717, 1.165) is 5.56 Å². The lowest BCUT2D eigenvalue weighted by molar-refractivity contribution is -0.385. The predicted molar refractivity (Wildman–Crippen MR) is 118 cm³/mol. The zero-order valence-electron chi connectivity index (χ0n) is 15.9. The van der Waals surface area contributed by atoms with Gasteiger partial charge in [-0.25, -0.2) is 4.99 Å². The number of amidine groups is 1. The lowest BCUT2D eigenvalue weighted by Crippen LogP contribution is -2.32. The van der Waals surface area contributed by atoms with Gasteiger partial charge in [0, 0.05) is 16.7 Å². The van der Waals surface area contributed by atoms with Crippen molar-refractivity contribution in [3.8, 4) is 0 Å². The van der Waals surface area contributed by atoms with Gasteiger partial charge < -0.3 is 0 Å². The summed E-state index contributed by atoms with van der Waals surface area (Å²) in [7, 11) is 0. The van der Waals surface area contributed by atoms with Gasteiger partial charge in [-0.1, -0.05) is 41.4 Å². The molecule has 3 aromatic rings. The van der Waals surface area contributed by atoms with Crippen LogP contribution in [-0.2, 0) is 4.79 Å². The summed E-state index contributed by atoms with van der Waals surface area (Å²) in [5.41, 5.74) is 2.77. The Hall–Kier alpha value is -3.77. The zero-order valence-corrected chi connectivity index (χ0v) is 16.7. The number of anilines is 1. The van der Waals surface area contributed by atoms with Crippen LogP contribution in [0.3, 0.4) is 0 Å². The van der Waals surface area contributed by atoms with Crippen molar-refractivity contribution in [2.24, 2.45) is 4.99 Å². The van der Waals surface area contributed by atoms with E-state index in [1.54, 1.807) is 42.5 Å². The van der Waals surface area contributed by atoms with Crippen molar-refractivity contribution in [3.05, 3.63) is 110 Å². The molecule has 0 N–H and O–H groups in total. The van der Waals surface area contributed by atoms with Gasteiger partial charge in [0.2, 0.25) is 0 Å². The number of halogens is 1. The number of hydrogen-bond acceptors (Lipinski definition) is 4. The summed E-state index contributed by atoms with van der Waals surface area (Å²) in [6, 6.07) is 20.8. The van der Waals surface area contributed by atoms with Crippen molar-refractivity contribution in [1.29, 1.82) is 0 Å². The minimum absolute atomic E-state index is 0.0881. The maximum absolute atomic E-state index is 13.3. The molecule has 0 spiro atoms. The van der Waals surface area contributed by atoms with Crippen molar-refractivity contribution < 1.29 is 9.72 Å². The highest BCUT2D eigenvalue weighted by atomic mass is 35.5. The van der Waals surface area contributed by atoms with Crippen molar-refractivity contribution in [3.63, 3.8) is 0 Å². The Labute approximate surface area is 177 Å². The number of nitro benzene ring substituents is 1. The molecule has 4 rings (SSSR count). The SMILES string of the molecule is Cc1ccc(N2C(=O)/C(=C\c3ccccc3[N+](=O)[O-])N=C2c2ccc(Cl)cc2)cc1. The summed E-state index contributed by atoms with van der Waals surface area (Å²) in [6.45, 7) is 1.96. The topological polar surface area (TPSA) is 75.8 Å². The smallest absolute Gasteiger partial charge is 0.266 e. The van der Waals surface area contributed by atoms with Crippen molar-refractivity contribution in [2.75, 3.05) is 4.90 Å². The van der Waals surface area contributed by atoms with Gasteiger partial charge in [0.1, 0.15) is 11.5 Å². The number of benzene rings is 3. The van der Waals surface area contributed by atoms with Gasteiger partial charge in [-0.3, -0.25) is 19.8 Å². The third kappa shape index (κ3) is 3.73. The van der Waals surface area contributed by atoms with E-state index in [1.807, 2.05) is 31.2 Å². The highest BCUT2D eigenvalue weighted by Gasteiger charge is 2.33. The number of carbonyl (C=O) groups excluding carboxylic acids is 1. The van der Waals surface area contributed by atoms with E-state index in [4.69, 9.17) is 11.6 Å². The van der Waals surface area contributed by atoms with Gasteiger partial charge in [0.15, 0.2) is 0 Å². The highest BCUT2D eigenvalue weighted by molar-refractivity contribution is 6.34. The first-order valence-corrected chi connectivity index (χ1v) is 9.53. The molecular formula is C23H16ClN3O3. The van der Waals surface area contributed by atoms with Crippen LogP contribution in [-0.4, -0.2) is 16.7 Å². The lowest BCUT2D eigenvalue weighted by Gasteiger charge is -2.18. The molecule has 0 fully saturated rings. The second-order valence-electron chi connectivity index (χ2n) is 6.76. The standard InChI is InChI=1S/C23H16ClN3O3/c1-15-6-12-19(13-7-15)26-22(16-8-10-18(24)11-9-16)25-20(23(26)28)14-17-4-2-3-5-21(17)27(29)30/h2-14H,1H3/b20-14+. The Morgan fingerprint density at radius 2 is 1.67 bits per heavy atom. The van der Waals surface area contributed by atoms with Gasteiger partial charge >= 0.3 is 0 Å². The van der Waals surface area contributed by atoms with Crippen LogP contribution in [0.25, 0.3) is 6.08 Å². The third-order valence-corrected chi connectivity index (χ3v) is 4.93. The summed E-state index contributed by atoms with van der Waals surface area (Å²) < 4.78 is 0. The molecule has 0 bridgehead atoms. The number of para-hydroxylation sites is 1. The van der Waals surface area contributed by atoms with Gasteiger partial charge in [0.25, 0.3) is 11.6 Å². The van der Waals surface area contributed by atoms with Crippen molar-refractivity contribution in [2.45, 2.75) is 6.92 Å². The van der Waals surface area contributed by atoms with E-state index < -0.39 is 4.92 Å². The third-order valence-electron chi connectivity index (χ3n) is 4.68. The Morgan fingerprint density at radius 3 is 2.33 bits per heavy atom. The van der Waals surface area contributed by atoms with Crippen molar-refractivity contribution in [1.82, 2.24) is 0 Å². The minimum atomic E-state index is -0.479. The minimum Gasteiger partial charge on any atom is -0.266 e. The summed E-state index contributed by atoms with van der Waals surface area (Å²) in [5.74, 6) is 0.0762. The van der Waals surface area contributed by atoms with Gasteiger partial charge in [0.05, 0.1) is 16.2 Å². The Kier molecular flexibility index (Phi) is 5.16. The van der Waals surface area contributed by atoms with Crippen LogP contribution in [0.5, 0.6) is 0 Å². The first-order chi connectivity index (χ1) is 14.4. The van der Waals surface area contributed by atoms with E-state index in [-0.39, 0.29) is 17.3 Å². The summed E-state index contributed by atoms with van der Waals surface area (Å²) in [4.78, 5) is 30.2. The van der Waals surface area contributed by atoms with Crippen LogP contribution < -0.4 is 4.90 Å². The average molecular weight is 418 g/mol. The zero-order chi connectivity index (χ0) is 21.3. The fourth-order valence-corrected chi connectivity index (χ4v) is 3.29. The molecule has 0 atom stereocenters. The Bertz CT molecular complexity index is 1200. The quantitative estimate of drug-likeness (QED) is 0.324. The van der Waals surface area contributed by atoms with Gasteiger partial charge in [-0.15, -0.1) is 0 Å². The summed E-state index contributed by atoms with van der Waals surface area (Å²) in [5, 5.41) is 11.9. The molecule has 0 aromatic heterocycles. The molecular weight excluding hydrogens is 402 g/mol. The van der Waals surface area contributed by atoms with E-state index in [1.165, 1.54) is 17.0 Å². The first-order valence-electron chi connectivity index (χ1n) is 9.15. The number of nitrogens with zero attached hydrogens (tertiary/aromatic N) is 3. The van der Waals surface area contributed by atoms with E-state index >= 15 is 0 Å². The molecule has 0 saturated heterocycles. The Balaban J connectivity index is 1.85. The van der Waals surface area contributed by atoms with Crippen LogP contribution in [0, 0.1) is 17.0 Å². The molecule has 0 aliphatic carbocycles. The number of aryl methyl sites for hydroxylation is 1. The molecule has 3 aromatic carbocycles. The van der Waals surface area contributed by atoms with Gasteiger partial charge in [-0.05, 0) is 55.5 Å². The Morgan fingerprint density at radius 1 is 1.00 bits per heavy atom. The molecule has 1 heterocycles. The fraction of sp³-hybridized carbons (Fsp3) is 0.0435. The van der Waals surface area contributed by atoms with E-state index in [2.05, 4.69) is 4.99 Å². The molecule has 30 heavy (non-hydrogen) atoms. The molecule has 0 saturated carbocycles. The van der Waals surface area contributed by atoms with Crippen LogP contribution >= 0.6 is 11.6 Å². The van der Waals surface area contributed by atoms with Crippen LogP contribution in [0.2, 0.25) is 5.02 Å². The van der Waals surface area contributed by atoms with E-state index in [0.29, 0.717) is 27.7 Å². The predicted octanol–water partition coefficient (Wildman–Crippen LogP) is 5.39. The number of carbonyl (C=O) groups is 1. The first kappa shape index (κ1) is 19.5. The number of nitro groups is 1.